The summed E-state index contributed by atoms with van der Waals surface area (Å²) in [5, 5.41) is 12.1. The SMILES string of the molecule is Cc1cccc(Cl)c1NC(=O)N1CCC(CC(=O)O)C1. The zero-order chi connectivity index (χ0) is 14.7. The van der Waals surface area contributed by atoms with Crippen molar-refractivity contribution in [1.82, 2.24) is 4.90 Å². The van der Waals surface area contributed by atoms with Gasteiger partial charge in [0.05, 0.1) is 10.7 Å². The lowest BCUT2D eigenvalue weighted by molar-refractivity contribution is -0.138. The van der Waals surface area contributed by atoms with Crippen LogP contribution in [0.5, 0.6) is 0 Å². The summed E-state index contributed by atoms with van der Waals surface area (Å²) in [6, 6.07) is 5.20. The first-order valence-electron chi connectivity index (χ1n) is 6.50. The largest absolute Gasteiger partial charge is 0.481 e. The van der Waals surface area contributed by atoms with Crippen molar-refractivity contribution in [3.63, 3.8) is 0 Å². The summed E-state index contributed by atoms with van der Waals surface area (Å²) in [7, 11) is 0. The first-order chi connectivity index (χ1) is 9.47. The van der Waals surface area contributed by atoms with Gasteiger partial charge in [-0.15, -0.1) is 0 Å². The number of aliphatic carboxylic acids is 1. The van der Waals surface area contributed by atoms with Crippen LogP contribution in [0.2, 0.25) is 5.02 Å². The number of urea groups is 1. The zero-order valence-corrected chi connectivity index (χ0v) is 12.0. The molecule has 0 saturated carbocycles. The fourth-order valence-electron chi connectivity index (χ4n) is 2.41. The highest BCUT2D eigenvalue weighted by atomic mass is 35.5. The van der Waals surface area contributed by atoms with Gasteiger partial charge in [0, 0.05) is 19.5 Å². The molecule has 108 valence electrons. The Balaban J connectivity index is 1.98. The van der Waals surface area contributed by atoms with E-state index in [0.717, 1.165) is 12.0 Å². The molecule has 1 saturated heterocycles. The third kappa shape index (κ3) is 3.42. The van der Waals surface area contributed by atoms with E-state index in [4.69, 9.17) is 16.7 Å². The summed E-state index contributed by atoms with van der Waals surface area (Å²) < 4.78 is 0. The Hall–Kier alpha value is -1.75. The van der Waals surface area contributed by atoms with Crippen molar-refractivity contribution in [3.05, 3.63) is 28.8 Å². The molecule has 0 radical (unpaired) electrons. The summed E-state index contributed by atoms with van der Waals surface area (Å²) >= 11 is 6.07. The van der Waals surface area contributed by atoms with Crippen LogP contribution < -0.4 is 5.32 Å². The number of carboxylic acid groups (broad SMARTS) is 1. The van der Waals surface area contributed by atoms with E-state index in [1.807, 2.05) is 19.1 Å². The first-order valence-corrected chi connectivity index (χ1v) is 6.88. The molecule has 20 heavy (non-hydrogen) atoms. The van der Waals surface area contributed by atoms with E-state index in [1.165, 1.54) is 0 Å². The molecule has 1 aliphatic rings. The van der Waals surface area contributed by atoms with Gasteiger partial charge in [-0.3, -0.25) is 4.79 Å². The average Bonchev–Trinajstić information content (AvgIpc) is 2.81. The summed E-state index contributed by atoms with van der Waals surface area (Å²) in [5.74, 6) is -0.787. The molecule has 1 aromatic carbocycles. The Morgan fingerprint density at radius 3 is 2.90 bits per heavy atom. The number of aryl methyl sites for hydroxylation is 1. The number of rotatable bonds is 3. The number of anilines is 1. The number of carbonyl (C=O) groups excluding carboxylic acids is 1. The van der Waals surface area contributed by atoms with Crippen LogP contribution in [-0.2, 0) is 4.79 Å². The molecule has 2 amide bonds. The molecule has 1 aromatic rings. The third-order valence-electron chi connectivity index (χ3n) is 3.49. The number of halogens is 1. The lowest BCUT2D eigenvalue weighted by atomic mass is 10.1. The van der Waals surface area contributed by atoms with Crippen molar-refractivity contribution in [1.29, 1.82) is 0 Å². The molecule has 6 heteroatoms. The van der Waals surface area contributed by atoms with Crippen molar-refractivity contribution in [2.24, 2.45) is 5.92 Å². The Bertz CT molecular complexity index is 513. The second-order valence-electron chi connectivity index (χ2n) is 5.06. The first kappa shape index (κ1) is 14.7. The van der Waals surface area contributed by atoms with Crippen molar-refractivity contribution in [2.75, 3.05) is 18.4 Å². The molecule has 5 nitrogen and oxygen atoms in total. The second-order valence-corrected chi connectivity index (χ2v) is 5.47. The van der Waals surface area contributed by atoms with Gasteiger partial charge in [0.25, 0.3) is 0 Å². The minimum absolute atomic E-state index is 0.0330. The van der Waals surface area contributed by atoms with Crippen LogP contribution in [-0.4, -0.2) is 35.1 Å². The van der Waals surface area contributed by atoms with Crippen LogP contribution in [0.1, 0.15) is 18.4 Å². The van der Waals surface area contributed by atoms with Gasteiger partial charge in [-0.2, -0.15) is 0 Å². The molecule has 0 aliphatic carbocycles. The van der Waals surface area contributed by atoms with E-state index in [9.17, 15) is 9.59 Å². The fourth-order valence-corrected chi connectivity index (χ4v) is 2.68. The average molecular weight is 297 g/mol. The van der Waals surface area contributed by atoms with Crippen LogP contribution in [0, 0.1) is 12.8 Å². The lowest BCUT2D eigenvalue weighted by Gasteiger charge is -2.18. The predicted molar refractivity (Wildman–Crippen MR) is 77.1 cm³/mol. The summed E-state index contributed by atoms with van der Waals surface area (Å²) in [5.41, 5.74) is 1.51. The van der Waals surface area contributed by atoms with Crippen molar-refractivity contribution >= 4 is 29.3 Å². The number of nitrogens with one attached hydrogen (secondary N) is 1. The van der Waals surface area contributed by atoms with E-state index >= 15 is 0 Å². The standard InChI is InChI=1S/C14H17ClN2O3/c1-9-3-2-4-11(15)13(9)16-14(20)17-6-5-10(8-17)7-12(18)19/h2-4,10H,5-8H2,1H3,(H,16,20)(H,18,19). The smallest absolute Gasteiger partial charge is 0.321 e. The molecule has 1 unspecified atom stereocenters. The van der Waals surface area contributed by atoms with Crippen molar-refractivity contribution in [3.8, 4) is 0 Å². The monoisotopic (exact) mass is 296 g/mol. The van der Waals surface area contributed by atoms with Gasteiger partial charge in [0.2, 0.25) is 0 Å². The van der Waals surface area contributed by atoms with Crippen LogP contribution in [0.25, 0.3) is 0 Å². The van der Waals surface area contributed by atoms with E-state index in [1.54, 1.807) is 11.0 Å². The van der Waals surface area contributed by atoms with Gasteiger partial charge >= 0.3 is 12.0 Å². The maximum atomic E-state index is 12.2. The molecule has 1 heterocycles. The minimum atomic E-state index is -0.820. The predicted octanol–water partition coefficient (Wildman–Crippen LogP) is 2.98. The van der Waals surface area contributed by atoms with Crippen molar-refractivity contribution in [2.45, 2.75) is 19.8 Å². The quantitative estimate of drug-likeness (QED) is 0.901. The van der Waals surface area contributed by atoms with Crippen LogP contribution in [0.4, 0.5) is 10.5 Å². The van der Waals surface area contributed by atoms with Gasteiger partial charge in [-0.1, -0.05) is 23.7 Å². The molecule has 0 bridgehead atoms. The van der Waals surface area contributed by atoms with E-state index in [-0.39, 0.29) is 18.4 Å². The Morgan fingerprint density at radius 2 is 2.25 bits per heavy atom. The molecular formula is C14H17ClN2O3. The highest BCUT2D eigenvalue weighted by Gasteiger charge is 2.28. The number of likely N-dealkylation sites (tertiary alicyclic amines) is 1. The zero-order valence-electron chi connectivity index (χ0n) is 11.2. The molecule has 1 fully saturated rings. The topological polar surface area (TPSA) is 69.6 Å². The number of carboxylic acids is 1. The van der Waals surface area contributed by atoms with Crippen LogP contribution in [0.3, 0.4) is 0 Å². The van der Waals surface area contributed by atoms with Gasteiger partial charge in [0.15, 0.2) is 0 Å². The van der Waals surface area contributed by atoms with E-state index < -0.39 is 5.97 Å². The summed E-state index contributed by atoms with van der Waals surface area (Å²) in [4.78, 5) is 24.5. The maximum Gasteiger partial charge on any atom is 0.321 e. The summed E-state index contributed by atoms with van der Waals surface area (Å²) in [6.45, 7) is 2.92. The maximum absolute atomic E-state index is 12.2. The molecule has 2 rings (SSSR count). The third-order valence-corrected chi connectivity index (χ3v) is 3.81. The van der Waals surface area contributed by atoms with Crippen LogP contribution >= 0.6 is 11.6 Å². The van der Waals surface area contributed by atoms with E-state index in [0.29, 0.717) is 23.8 Å². The Labute approximate surface area is 122 Å². The normalized spacial score (nSPS) is 18.1. The molecule has 2 N–H and O–H groups in total. The number of benzene rings is 1. The fraction of sp³-hybridized carbons (Fsp3) is 0.429. The highest BCUT2D eigenvalue weighted by Crippen LogP contribution is 2.27. The lowest BCUT2D eigenvalue weighted by Crippen LogP contribution is -2.33. The number of nitrogens with zero attached hydrogens (tertiary/aromatic N) is 1. The summed E-state index contributed by atoms with van der Waals surface area (Å²) in [6.07, 6.45) is 0.829. The second kappa shape index (κ2) is 6.13. The number of hydrogen-bond donors (Lipinski definition) is 2. The van der Waals surface area contributed by atoms with Gasteiger partial charge in [0.1, 0.15) is 0 Å². The Morgan fingerprint density at radius 1 is 1.50 bits per heavy atom. The van der Waals surface area contributed by atoms with E-state index in [2.05, 4.69) is 5.32 Å². The molecule has 0 spiro atoms. The number of amides is 2. The van der Waals surface area contributed by atoms with Crippen molar-refractivity contribution < 1.29 is 14.7 Å². The number of para-hydroxylation sites is 1. The molecule has 1 aliphatic heterocycles. The van der Waals surface area contributed by atoms with Gasteiger partial charge in [-0.25, -0.2) is 4.79 Å². The molecule has 0 aromatic heterocycles. The minimum Gasteiger partial charge on any atom is -0.481 e. The molecular weight excluding hydrogens is 280 g/mol. The highest BCUT2D eigenvalue weighted by molar-refractivity contribution is 6.33. The van der Waals surface area contributed by atoms with Gasteiger partial charge in [-0.05, 0) is 30.9 Å². The Kier molecular flexibility index (Phi) is 4.49. The van der Waals surface area contributed by atoms with Gasteiger partial charge < -0.3 is 15.3 Å². The van der Waals surface area contributed by atoms with Crippen LogP contribution in [0.15, 0.2) is 18.2 Å². The number of carbonyl (C=O) groups is 2. The molecule has 1 atom stereocenters. The number of hydrogen-bond acceptors (Lipinski definition) is 2.